The van der Waals surface area contributed by atoms with Crippen LogP contribution in [0.15, 0.2) is 0 Å². The van der Waals surface area contributed by atoms with Crippen molar-refractivity contribution in [2.45, 2.75) is 57.8 Å². The van der Waals surface area contributed by atoms with Gasteiger partial charge in [-0.15, -0.1) is 24.8 Å². The number of nitrogens with one attached hydrogen (secondary N) is 1. The molecule has 2 heterocycles. The molecule has 22 heavy (non-hydrogen) atoms. The normalized spacial score (nSPS) is 26.4. The Morgan fingerprint density at radius 3 is 2.36 bits per heavy atom. The predicted octanol–water partition coefficient (Wildman–Crippen LogP) is 1.57. The molecule has 2 aliphatic heterocycles. The van der Waals surface area contributed by atoms with Crippen LogP contribution in [-0.2, 0) is 9.53 Å². The molecule has 2 fully saturated rings. The highest BCUT2D eigenvalue weighted by molar-refractivity contribution is 5.85. The molecule has 3 N–H and O–H groups in total. The van der Waals surface area contributed by atoms with Gasteiger partial charge in [0.05, 0.1) is 6.10 Å². The summed E-state index contributed by atoms with van der Waals surface area (Å²) >= 11 is 0. The predicted molar refractivity (Wildman–Crippen MR) is 93.9 cm³/mol. The molecule has 7 heteroatoms. The summed E-state index contributed by atoms with van der Waals surface area (Å²) < 4.78 is 5.64. The standard InChI is InChI=1S/C15H29N3O2.2ClH/c1-11(2)10-18-7-5-12(6-8-18)17-15(19)14-4-3-13(9-16)20-14;;/h11-14H,3-10,16H2,1-2H3,(H,17,19);2*1H/t13-,14+;;/m1../s1. The van der Waals surface area contributed by atoms with E-state index in [1.807, 2.05) is 0 Å². The molecule has 0 aliphatic carbocycles. The van der Waals surface area contributed by atoms with Crippen molar-refractivity contribution in [1.82, 2.24) is 10.2 Å². The van der Waals surface area contributed by atoms with E-state index in [2.05, 4.69) is 24.1 Å². The van der Waals surface area contributed by atoms with Crippen LogP contribution in [0.2, 0.25) is 0 Å². The van der Waals surface area contributed by atoms with Crippen LogP contribution in [0.4, 0.5) is 0 Å². The van der Waals surface area contributed by atoms with Gasteiger partial charge in [-0.25, -0.2) is 0 Å². The number of carbonyl (C=O) groups excluding carboxylic acids is 1. The summed E-state index contributed by atoms with van der Waals surface area (Å²) in [6.45, 7) is 8.33. The highest BCUT2D eigenvalue weighted by Crippen LogP contribution is 2.20. The van der Waals surface area contributed by atoms with E-state index >= 15 is 0 Å². The summed E-state index contributed by atoms with van der Waals surface area (Å²) in [4.78, 5) is 14.6. The Labute approximate surface area is 146 Å². The quantitative estimate of drug-likeness (QED) is 0.785. The van der Waals surface area contributed by atoms with E-state index in [-0.39, 0.29) is 42.9 Å². The van der Waals surface area contributed by atoms with E-state index in [0.29, 0.717) is 18.5 Å². The van der Waals surface area contributed by atoms with Crippen molar-refractivity contribution >= 4 is 30.7 Å². The van der Waals surface area contributed by atoms with Gasteiger partial charge in [-0.2, -0.15) is 0 Å². The summed E-state index contributed by atoms with van der Waals surface area (Å²) in [6.07, 6.45) is 3.59. The number of piperidine rings is 1. The minimum atomic E-state index is -0.280. The van der Waals surface area contributed by atoms with Crippen LogP contribution in [0.3, 0.4) is 0 Å². The van der Waals surface area contributed by atoms with E-state index < -0.39 is 0 Å². The molecule has 0 unspecified atom stereocenters. The smallest absolute Gasteiger partial charge is 0.249 e. The van der Waals surface area contributed by atoms with Crippen molar-refractivity contribution in [2.24, 2.45) is 11.7 Å². The zero-order valence-electron chi connectivity index (χ0n) is 13.6. The van der Waals surface area contributed by atoms with Crippen LogP contribution >= 0.6 is 24.8 Å². The Hall–Kier alpha value is -0.0700. The second kappa shape index (κ2) is 10.7. The van der Waals surface area contributed by atoms with E-state index in [0.717, 1.165) is 45.3 Å². The average Bonchev–Trinajstić information content (AvgIpc) is 2.89. The number of hydrogen-bond acceptors (Lipinski definition) is 4. The van der Waals surface area contributed by atoms with Gasteiger partial charge in [0.2, 0.25) is 5.91 Å². The van der Waals surface area contributed by atoms with Crippen molar-refractivity contribution in [1.29, 1.82) is 0 Å². The van der Waals surface area contributed by atoms with Gasteiger partial charge >= 0.3 is 0 Å². The first-order chi connectivity index (χ1) is 9.58. The largest absolute Gasteiger partial charge is 0.364 e. The van der Waals surface area contributed by atoms with Crippen LogP contribution in [-0.4, -0.2) is 55.2 Å². The maximum absolute atomic E-state index is 12.1. The lowest BCUT2D eigenvalue weighted by Gasteiger charge is -2.33. The third kappa shape index (κ3) is 6.59. The van der Waals surface area contributed by atoms with Crippen LogP contribution in [0.5, 0.6) is 0 Å². The van der Waals surface area contributed by atoms with Gasteiger partial charge < -0.3 is 20.7 Å². The average molecular weight is 356 g/mol. The Kier molecular flexibility index (Phi) is 10.6. The lowest BCUT2D eigenvalue weighted by Crippen LogP contribution is -2.48. The van der Waals surface area contributed by atoms with Crippen molar-refractivity contribution in [2.75, 3.05) is 26.2 Å². The summed E-state index contributed by atoms with van der Waals surface area (Å²) in [5, 5.41) is 3.15. The second-order valence-corrected chi connectivity index (χ2v) is 6.54. The summed E-state index contributed by atoms with van der Waals surface area (Å²) in [7, 11) is 0. The fourth-order valence-electron chi connectivity index (χ4n) is 3.14. The summed E-state index contributed by atoms with van der Waals surface area (Å²) in [5.41, 5.74) is 5.57. The van der Waals surface area contributed by atoms with Crippen LogP contribution in [0.25, 0.3) is 0 Å². The van der Waals surface area contributed by atoms with Crippen molar-refractivity contribution in [3.05, 3.63) is 0 Å². The molecule has 2 rings (SSSR count). The number of nitrogens with two attached hydrogens (primary N) is 1. The third-order valence-electron chi connectivity index (χ3n) is 4.22. The van der Waals surface area contributed by atoms with Crippen LogP contribution < -0.4 is 11.1 Å². The first-order valence-electron chi connectivity index (χ1n) is 7.96. The lowest BCUT2D eigenvalue weighted by atomic mass is 10.0. The zero-order valence-corrected chi connectivity index (χ0v) is 15.3. The van der Waals surface area contributed by atoms with E-state index in [9.17, 15) is 4.79 Å². The molecule has 2 aliphatic rings. The maximum Gasteiger partial charge on any atom is 0.249 e. The Balaban J connectivity index is 0.00000220. The molecular formula is C15H31Cl2N3O2. The SMILES string of the molecule is CC(C)CN1CCC(NC(=O)[C@@H]2CC[C@H](CN)O2)CC1.Cl.Cl. The maximum atomic E-state index is 12.1. The first kappa shape index (κ1) is 21.9. The molecule has 2 atom stereocenters. The second-order valence-electron chi connectivity index (χ2n) is 6.54. The molecule has 0 aromatic rings. The Bertz CT molecular complexity index is 324. The number of amides is 1. The molecule has 132 valence electrons. The minimum Gasteiger partial charge on any atom is -0.364 e. The third-order valence-corrected chi connectivity index (χ3v) is 4.22. The molecule has 0 saturated carbocycles. The molecule has 0 bridgehead atoms. The number of ether oxygens (including phenoxy) is 1. The number of nitrogens with zero attached hydrogens (tertiary/aromatic N) is 1. The highest BCUT2D eigenvalue weighted by atomic mass is 35.5. The van der Waals surface area contributed by atoms with Gasteiger partial charge in [0, 0.05) is 32.2 Å². The van der Waals surface area contributed by atoms with E-state index in [4.69, 9.17) is 10.5 Å². The number of rotatable bonds is 5. The number of carbonyl (C=O) groups is 1. The van der Waals surface area contributed by atoms with Gasteiger partial charge in [0.1, 0.15) is 6.10 Å². The Morgan fingerprint density at radius 1 is 1.23 bits per heavy atom. The summed E-state index contributed by atoms with van der Waals surface area (Å²) in [6, 6.07) is 0.312. The minimum absolute atomic E-state index is 0. The highest BCUT2D eigenvalue weighted by Gasteiger charge is 2.31. The van der Waals surface area contributed by atoms with Crippen LogP contribution in [0.1, 0.15) is 39.5 Å². The van der Waals surface area contributed by atoms with Gasteiger partial charge in [0.15, 0.2) is 0 Å². The van der Waals surface area contributed by atoms with Crippen molar-refractivity contribution in [3.8, 4) is 0 Å². The molecule has 0 aromatic carbocycles. The van der Waals surface area contributed by atoms with Crippen LogP contribution in [0, 0.1) is 5.92 Å². The molecule has 1 amide bonds. The topological polar surface area (TPSA) is 67.6 Å². The van der Waals surface area contributed by atoms with Gasteiger partial charge in [-0.1, -0.05) is 13.8 Å². The monoisotopic (exact) mass is 355 g/mol. The van der Waals surface area contributed by atoms with Crippen molar-refractivity contribution in [3.63, 3.8) is 0 Å². The van der Waals surface area contributed by atoms with Gasteiger partial charge in [-0.3, -0.25) is 4.79 Å². The van der Waals surface area contributed by atoms with E-state index in [1.165, 1.54) is 0 Å². The first-order valence-corrected chi connectivity index (χ1v) is 7.96. The van der Waals surface area contributed by atoms with Gasteiger partial charge in [-0.05, 0) is 31.6 Å². The number of hydrogen-bond donors (Lipinski definition) is 2. The Morgan fingerprint density at radius 2 is 1.86 bits per heavy atom. The molecular weight excluding hydrogens is 325 g/mol. The lowest BCUT2D eigenvalue weighted by molar-refractivity contribution is -0.132. The number of likely N-dealkylation sites (tertiary alicyclic amines) is 1. The fourth-order valence-corrected chi connectivity index (χ4v) is 3.14. The molecule has 0 aromatic heterocycles. The molecule has 2 saturated heterocycles. The van der Waals surface area contributed by atoms with Gasteiger partial charge in [0.25, 0.3) is 0 Å². The number of halogens is 2. The molecule has 5 nitrogen and oxygen atoms in total. The zero-order chi connectivity index (χ0) is 14.5. The fraction of sp³-hybridized carbons (Fsp3) is 0.933. The molecule has 0 radical (unpaired) electrons. The molecule has 0 spiro atoms. The van der Waals surface area contributed by atoms with E-state index in [1.54, 1.807) is 0 Å². The summed E-state index contributed by atoms with van der Waals surface area (Å²) in [5.74, 6) is 0.768. The van der Waals surface area contributed by atoms with Crippen molar-refractivity contribution < 1.29 is 9.53 Å².